The number of carboxylic acids is 1. The van der Waals surface area contributed by atoms with E-state index in [-0.39, 0.29) is 21.2 Å². The number of oxime groups is 1. The van der Waals surface area contributed by atoms with Crippen molar-refractivity contribution in [3.05, 3.63) is 28.3 Å². The number of hydrogen-bond acceptors (Lipinski definition) is 13. The molecule has 0 spiro atoms. The number of nitrogens with two attached hydrogens (primary N) is 1. The van der Waals surface area contributed by atoms with E-state index >= 15 is 0 Å². The number of nitrogens with one attached hydrogen (secondary N) is 1. The Hall–Kier alpha value is -2.60. The fourth-order valence-corrected chi connectivity index (χ4v) is 8.70. The van der Waals surface area contributed by atoms with Crippen molar-refractivity contribution in [1.29, 1.82) is 0 Å². The van der Waals surface area contributed by atoms with Crippen LogP contribution in [0.5, 0.6) is 0 Å². The molecule has 5 N–H and O–H groups in total. The van der Waals surface area contributed by atoms with Gasteiger partial charge in [0.15, 0.2) is 5.13 Å². The summed E-state index contributed by atoms with van der Waals surface area (Å²) < 4.78 is 4.73. The predicted octanol–water partition coefficient (Wildman–Crippen LogP) is 0.953. The van der Waals surface area contributed by atoms with Crippen molar-refractivity contribution in [2.24, 2.45) is 10.1 Å². The van der Waals surface area contributed by atoms with Gasteiger partial charge in [0.2, 0.25) is 17.4 Å². The monoisotopic (exact) mass is 597 g/mol. The summed E-state index contributed by atoms with van der Waals surface area (Å²) in [4.78, 5) is 47.5. The van der Waals surface area contributed by atoms with Crippen molar-refractivity contribution in [2.45, 2.75) is 28.8 Å². The molecule has 0 bridgehead atoms. The number of aliphatic carboxylic acids is 1. The normalized spacial score (nSPS) is 26.6. The summed E-state index contributed by atoms with van der Waals surface area (Å²) in [6.07, 6.45) is 4.31. The van der Waals surface area contributed by atoms with E-state index in [0.29, 0.717) is 17.1 Å². The molecule has 0 aromatic carbocycles. The summed E-state index contributed by atoms with van der Waals surface area (Å²) in [5, 5.41) is 26.2. The minimum absolute atomic E-state index is 0.0434. The Morgan fingerprint density at radius 1 is 1.37 bits per heavy atom. The number of thioether (sulfide) groups is 3. The molecule has 5 rings (SSSR count). The highest BCUT2D eigenvalue weighted by Gasteiger charge is 2.54. The lowest BCUT2D eigenvalue weighted by atomic mass is 10.0. The lowest BCUT2D eigenvalue weighted by Crippen LogP contribution is -2.71. The number of carbonyl (C=O) groups is 3. The minimum atomic E-state index is -1.19. The molecule has 3 atom stereocenters. The number of carboxylic acid groups (broad SMARTS) is 1. The van der Waals surface area contributed by atoms with Gasteiger partial charge in [-0.3, -0.25) is 19.0 Å². The minimum Gasteiger partial charge on any atom is -0.477 e. The summed E-state index contributed by atoms with van der Waals surface area (Å²) in [5.41, 5.74) is 5.63. The molecule has 2 saturated heterocycles. The van der Waals surface area contributed by atoms with Gasteiger partial charge >= 0.3 is 5.97 Å². The Morgan fingerprint density at radius 3 is 2.74 bits per heavy atom. The van der Waals surface area contributed by atoms with Crippen molar-refractivity contribution in [3.63, 3.8) is 0 Å². The van der Waals surface area contributed by atoms with Gasteiger partial charge in [-0.2, -0.15) is 9.36 Å². The van der Waals surface area contributed by atoms with Crippen LogP contribution in [0.1, 0.15) is 18.7 Å². The quantitative estimate of drug-likeness (QED) is 0.110. The van der Waals surface area contributed by atoms with Gasteiger partial charge in [-0.25, -0.2) is 9.79 Å². The number of quaternary nitrogens is 1. The standard InChI is InChI=1S/C21H24N8O5S4/c1-29(4-2-3-5-29)11-9-36-12(6-23-11)35-7-10-8-37-19-14(18(31)28(19)15(10)20(32)33)24-17(30)13(26-34)16-25-21(22)38-27-16/h6,9,12,14,19H,2-5,7-8H2,1H3,(H4-,22,24,25,27,30,32,33,34)/p+1/t12?,14-,19?/m1/s1. The first-order valence-corrected chi connectivity index (χ1v) is 15.4. The van der Waals surface area contributed by atoms with Crippen LogP contribution in [0.2, 0.25) is 0 Å². The second-order valence-corrected chi connectivity index (χ2v) is 13.5. The van der Waals surface area contributed by atoms with Crippen molar-refractivity contribution in [1.82, 2.24) is 19.6 Å². The first-order chi connectivity index (χ1) is 18.2. The van der Waals surface area contributed by atoms with E-state index in [4.69, 9.17) is 10.7 Å². The van der Waals surface area contributed by atoms with E-state index in [1.807, 2.05) is 6.21 Å². The maximum Gasteiger partial charge on any atom is 0.352 e. The van der Waals surface area contributed by atoms with Crippen LogP contribution >= 0.6 is 46.8 Å². The van der Waals surface area contributed by atoms with E-state index in [0.717, 1.165) is 34.9 Å². The van der Waals surface area contributed by atoms with Crippen LogP contribution in [0.3, 0.4) is 0 Å². The third-order valence-corrected chi connectivity index (χ3v) is 11.0. The van der Waals surface area contributed by atoms with Gasteiger partial charge in [0.05, 0.1) is 30.1 Å². The zero-order valence-corrected chi connectivity index (χ0v) is 23.4. The molecule has 4 aliphatic rings. The van der Waals surface area contributed by atoms with E-state index in [9.17, 15) is 24.7 Å². The third-order valence-electron chi connectivity index (χ3n) is 6.67. The average Bonchev–Trinajstić information content (AvgIpc) is 3.55. The number of β-lactam (4-membered cyclic amide) rings is 1. The zero-order chi connectivity index (χ0) is 27.0. The van der Waals surface area contributed by atoms with Crippen LogP contribution in [0.15, 0.2) is 32.6 Å². The van der Waals surface area contributed by atoms with Crippen LogP contribution in [0.25, 0.3) is 0 Å². The van der Waals surface area contributed by atoms with E-state index < -0.39 is 34.9 Å². The lowest BCUT2D eigenvalue weighted by Gasteiger charge is -2.49. The van der Waals surface area contributed by atoms with Crippen molar-refractivity contribution in [2.75, 3.05) is 37.4 Å². The molecule has 202 valence electrons. The van der Waals surface area contributed by atoms with Crippen LogP contribution in [0.4, 0.5) is 5.13 Å². The highest BCUT2D eigenvalue weighted by Crippen LogP contribution is 2.42. The fourth-order valence-electron chi connectivity index (χ4n) is 4.65. The number of rotatable bonds is 8. The van der Waals surface area contributed by atoms with Crippen molar-refractivity contribution < 1.29 is 29.2 Å². The van der Waals surface area contributed by atoms with Crippen LogP contribution in [-0.4, -0.2) is 106 Å². The average molecular weight is 598 g/mol. The summed E-state index contributed by atoms with van der Waals surface area (Å²) in [6, 6.07) is -0.983. The van der Waals surface area contributed by atoms with Gasteiger partial charge in [-0.05, 0) is 5.57 Å². The number of nitrogen functional groups attached to an aromatic ring is 1. The predicted molar refractivity (Wildman–Crippen MR) is 148 cm³/mol. The molecule has 4 aliphatic heterocycles. The zero-order valence-electron chi connectivity index (χ0n) is 20.1. The van der Waals surface area contributed by atoms with Crippen LogP contribution in [-0.2, 0) is 14.4 Å². The maximum atomic E-state index is 12.9. The Bertz CT molecular complexity index is 1290. The molecule has 1 aromatic rings. The van der Waals surface area contributed by atoms with Gasteiger partial charge in [-0.1, -0.05) is 5.16 Å². The number of aromatic nitrogens is 2. The molecule has 38 heavy (non-hydrogen) atoms. The second-order valence-electron chi connectivity index (χ2n) is 9.14. The summed E-state index contributed by atoms with van der Waals surface area (Å²) >= 11 is 5.43. The molecule has 1 aromatic heterocycles. The van der Waals surface area contributed by atoms with Gasteiger partial charge in [-0.15, -0.1) is 35.3 Å². The largest absolute Gasteiger partial charge is 0.477 e. The Morgan fingerprint density at radius 2 is 2.13 bits per heavy atom. The van der Waals surface area contributed by atoms with E-state index in [2.05, 4.69) is 32.3 Å². The third kappa shape index (κ3) is 5.04. The number of amides is 2. The van der Waals surface area contributed by atoms with Crippen molar-refractivity contribution >= 4 is 81.7 Å². The van der Waals surface area contributed by atoms with Gasteiger partial charge in [0.25, 0.3) is 11.8 Å². The fraction of sp³-hybridized carbons (Fsp3) is 0.476. The summed E-state index contributed by atoms with van der Waals surface area (Å²) in [7, 11) is 2.20. The Balaban J connectivity index is 1.22. The summed E-state index contributed by atoms with van der Waals surface area (Å²) in [5.74, 6) is -0.888. The molecule has 0 aliphatic carbocycles. The molecule has 2 fully saturated rings. The first kappa shape index (κ1) is 27.0. The van der Waals surface area contributed by atoms with Crippen LogP contribution < -0.4 is 11.1 Å². The molecule has 13 nitrogen and oxygen atoms in total. The van der Waals surface area contributed by atoms with Gasteiger partial charge in [0.1, 0.15) is 17.1 Å². The number of hydrogen-bond donors (Lipinski definition) is 4. The second kappa shape index (κ2) is 10.9. The number of anilines is 1. The number of likely N-dealkylation sites (tertiary alicyclic amines) is 1. The SMILES string of the molecule is C[N+]1(C2=CSC(SCC3=C(C(=O)O)N4C(=O)[C@@H](NC(=O)/C(=N\O)c5nsc(N)n5)C4SC3)C=N2)CCCC1. The van der Waals surface area contributed by atoms with Gasteiger partial charge in [0, 0.05) is 42.1 Å². The number of carbonyl (C=O) groups excluding carboxylic acids is 2. The molecule has 5 heterocycles. The molecule has 0 saturated carbocycles. The van der Waals surface area contributed by atoms with Gasteiger partial charge < -0.3 is 21.4 Å². The number of fused-ring (bicyclic) bond motifs is 1. The maximum absolute atomic E-state index is 12.9. The smallest absolute Gasteiger partial charge is 0.352 e. The van der Waals surface area contributed by atoms with Crippen LogP contribution in [0, 0.1) is 0 Å². The van der Waals surface area contributed by atoms with E-state index in [1.54, 1.807) is 23.5 Å². The number of aliphatic imine (C=N–C) groups is 1. The first-order valence-electron chi connectivity index (χ1n) is 11.6. The molecular weight excluding hydrogens is 573 g/mol. The summed E-state index contributed by atoms with van der Waals surface area (Å²) in [6.45, 7) is 2.18. The Kier molecular flexibility index (Phi) is 7.72. The van der Waals surface area contributed by atoms with Crippen molar-refractivity contribution in [3.8, 4) is 0 Å². The van der Waals surface area contributed by atoms with E-state index in [1.165, 1.54) is 29.5 Å². The topological polar surface area (TPSA) is 183 Å². The molecule has 2 unspecified atom stereocenters. The Labute approximate surface area is 234 Å². The molecular formula is C21H25N8O5S4+. The molecule has 17 heteroatoms. The highest BCUT2D eigenvalue weighted by molar-refractivity contribution is 8.19. The lowest BCUT2D eigenvalue weighted by molar-refractivity contribution is -0.860. The highest BCUT2D eigenvalue weighted by atomic mass is 32.2. The number of nitrogens with zero attached hydrogens (tertiary/aromatic N) is 6. The molecule has 0 radical (unpaired) electrons. The molecule has 2 amide bonds.